The molecular formula is C29H32BrN5O3. The fourth-order valence-corrected chi connectivity index (χ4v) is 5.01. The van der Waals surface area contributed by atoms with Crippen molar-refractivity contribution < 1.29 is 13.9 Å². The van der Waals surface area contributed by atoms with Crippen LogP contribution in [-0.2, 0) is 16.1 Å². The maximum Gasteiger partial charge on any atom is 0.222 e. The molecule has 3 heterocycles. The first-order chi connectivity index (χ1) is 18.7. The molecule has 2 aromatic heterocycles. The van der Waals surface area contributed by atoms with Gasteiger partial charge >= 0.3 is 0 Å². The van der Waals surface area contributed by atoms with Crippen molar-refractivity contribution in [2.24, 2.45) is 0 Å². The number of rotatable bonds is 11. The van der Waals surface area contributed by atoms with E-state index in [2.05, 4.69) is 37.1 Å². The quantitative estimate of drug-likeness (QED) is 0.272. The van der Waals surface area contributed by atoms with Crippen molar-refractivity contribution in [3.8, 4) is 11.4 Å². The molecule has 38 heavy (non-hydrogen) atoms. The van der Waals surface area contributed by atoms with E-state index < -0.39 is 0 Å². The fraction of sp³-hybridized carbons (Fsp3) is 0.345. The molecule has 0 bridgehead atoms. The Kier molecular flexibility index (Phi) is 9.01. The lowest BCUT2D eigenvalue weighted by Gasteiger charge is -2.29. The lowest BCUT2D eigenvalue weighted by Crippen LogP contribution is -2.39. The Bertz CT molecular complexity index is 1340. The minimum atomic E-state index is -0.0230. The summed E-state index contributed by atoms with van der Waals surface area (Å²) in [4.78, 5) is 27.3. The molecule has 198 valence electrons. The molecule has 0 radical (unpaired) electrons. The number of ether oxygens (including phenoxy) is 1. The Morgan fingerprint density at radius 3 is 2.71 bits per heavy atom. The van der Waals surface area contributed by atoms with Gasteiger partial charge in [0, 0.05) is 54.6 Å². The van der Waals surface area contributed by atoms with Crippen molar-refractivity contribution in [1.29, 1.82) is 0 Å². The maximum absolute atomic E-state index is 12.7. The first-order valence-corrected chi connectivity index (χ1v) is 13.8. The van der Waals surface area contributed by atoms with Crippen LogP contribution in [0.2, 0.25) is 0 Å². The van der Waals surface area contributed by atoms with Crippen molar-refractivity contribution in [3.63, 3.8) is 0 Å². The van der Waals surface area contributed by atoms with E-state index in [4.69, 9.17) is 19.1 Å². The maximum atomic E-state index is 12.7. The number of halogens is 1. The number of carbonyl (C=O) groups is 1. The molecule has 1 N–H and O–H groups in total. The summed E-state index contributed by atoms with van der Waals surface area (Å²) in [7, 11) is 0. The van der Waals surface area contributed by atoms with Gasteiger partial charge in [-0.05, 0) is 42.8 Å². The van der Waals surface area contributed by atoms with Crippen molar-refractivity contribution in [2.75, 3.05) is 50.8 Å². The molecule has 1 aliphatic heterocycles. The van der Waals surface area contributed by atoms with Crippen molar-refractivity contribution in [3.05, 3.63) is 77.2 Å². The summed E-state index contributed by atoms with van der Waals surface area (Å²) in [6.07, 6.45) is 2.92. The second-order valence-electron chi connectivity index (χ2n) is 9.30. The highest BCUT2D eigenvalue weighted by molar-refractivity contribution is 9.10. The average molecular weight is 579 g/mol. The number of hydrogen-bond donors (Lipinski definition) is 1. The number of fused-ring (bicyclic) bond motifs is 1. The van der Waals surface area contributed by atoms with Gasteiger partial charge in [-0.2, -0.15) is 0 Å². The highest BCUT2D eigenvalue weighted by Crippen LogP contribution is 2.29. The molecule has 1 amide bonds. The molecule has 1 fully saturated rings. The molecule has 4 aromatic rings. The number of amides is 1. The summed E-state index contributed by atoms with van der Waals surface area (Å²) in [6.45, 7) is 6.17. The Morgan fingerprint density at radius 1 is 1.03 bits per heavy atom. The van der Waals surface area contributed by atoms with Gasteiger partial charge in [-0.3, -0.25) is 9.69 Å². The predicted molar refractivity (Wildman–Crippen MR) is 152 cm³/mol. The van der Waals surface area contributed by atoms with Crippen LogP contribution in [0, 0.1) is 0 Å². The monoisotopic (exact) mass is 577 g/mol. The number of benzene rings is 2. The molecule has 0 aliphatic carbocycles. The Morgan fingerprint density at radius 2 is 1.89 bits per heavy atom. The van der Waals surface area contributed by atoms with E-state index in [0.29, 0.717) is 25.3 Å². The molecule has 5 rings (SSSR count). The van der Waals surface area contributed by atoms with Crippen LogP contribution < -0.4 is 10.2 Å². The second kappa shape index (κ2) is 13.0. The highest BCUT2D eigenvalue weighted by Gasteiger charge is 2.18. The zero-order valence-corrected chi connectivity index (χ0v) is 22.9. The van der Waals surface area contributed by atoms with E-state index in [1.807, 2.05) is 54.6 Å². The highest BCUT2D eigenvalue weighted by atomic mass is 79.9. The van der Waals surface area contributed by atoms with Gasteiger partial charge in [-0.1, -0.05) is 40.2 Å². The predicted octanol–water partition coefficient (Wildman–Crippen LogP) is 4.89. The number of para-hydroxylation sites is 1. The normalized spacial score (nSPS) is 14.0. The fourth-order valence-electron chi connectivity index (χ4n) is 4.61. The molecule has 2 aromatic carbocycles. The number of carbonyl (C=O) groups excluding carboxylic acids is 1. The summed E-state index contributed by atoms with van der Waals surface area (Å²) in [5.41, 5.74) is 1.82. The van der Waals surface area contributed by atoms with Crippen LogP contribution >= 0.6 is 15.9 Å². The van der Waals surface area contributed by atoms with Gasteiger partial charge in [0.05, 0.1) is 31.5 Å². The van der Waals surface area contributed by atoms with E-state index >= 15 is 0 Å². The van der Waals surface area contributed by atoms with Crippen LogP contribution in [0.15, 0.2) is 75.8 Å². The second-order valence-corrected chi connectivity index (χ2v) is 10.2. The van der Waals surface area contributed by atoms with Gasteiger partial charge in [0.15, 0.2) is 5.82 Å². The lowest BCUT2D eigenvalue weighted by molar-refractivity contribution is -0.121. The van der Waals surface area contributed by atoms with Crippen molar-refractivity contribution in [2.45, 2.75) is 19.4 Å². The summed E-state index contributed by atoms with van der Waals surface area (Å²) in [5.74, 6) is 2.23. The van der Waals surface area contributed by atoms with E-state index in [0.717, 1.165) is 78.3 Å². The van der Waals surface area contributed by atoms with Gasteiger partial charge in [0.1, 0.15) is 11.6 Å². The van der Waals surface area contributed by atoms with Crippen LogP contribution in [0.1, 0.15) is 18.6 Å². The molecular weight excluding hydrogens is 546 g/mol. The van der Waals surface area contributed by atoms with Crippen LogP contribution in [0.4, 0.5) is 5.82 Å². The SMILES string of the molecule is O=C(CCN(CCCN1CCOCC1)c1nc(-c2cccc(Br)c2)nc2ccccc12)NCc1ccco1. The minimum absolute atomic E-state index is 0.0230. The van der Waals surface area contributed by atoms with E-state index in [-0.39, 0.29) is 5.91 Å². The number of furan rings is 1. The number of hydrogen-bond acceptors (Lipinski definition) is 7. The van der Waals surface area contributed by atoms with Gasteiger partial charge in [-0.15, -0.1) is 0 Å². The average Bonchev–Trinajstić information content (AvgIpc) is 3.48. The first-order valence-electron chi connectivity index (χ1n) is 13.0. The number of aromatic nitrogens is 2. The smallest absolute Gasteiger partial charge is 0.222 e. The molecule has 0 saturated carbocycles. The van der Waals surface area contributed by atoms with Crippen LogP contribution in [0.5, 0.6) is 0 Å². The zero-order chi connectivity index (χ0) is 26.2. The van der Waals surface area contributed by atoms with E-state index in [9.17, 15) is 4.79 Å². The van der Waals surface area contributed by atoms with Crippen molar-refractivity contribution >= 4 is 38.6 Å². The zero-order valence-electron chi connectivity index (χ0n) is 21.3. The Hall–Kier alpha value is -3.27. The number of nitrogens with one attached hydrogen (secondary N) is 1. The summed E-state index contributed by atoms with van der Waals surface area (Å²) in [6, 6.07) is 19.8. The Labute approximate surface area is 231 Å². The van der Waals surface area contributed by atoms with E-state index in [1.165, 1.54) is 0 Å². The largest absolute Gasteiger partial charge is 0.467 e. The molecule has 0 atom stereocenters. The molecule has 0 spiro atoms. The standard InChI is InChI=1S/C29H32BrN5O3/c30-23-7-3-6-22(20-23)28-32-26-10-2-1-9-25(26)29(33-28)35(13-5-12-34-15-18-37-19-16-34)14-11-27(36)31-21-24-8-4-17-38-24/h1-4,6-10,17,20H,5,11-16,18-19,21H2,(H,31,36). The first kappa shape index (κ1) is 26.3. The van der Waals surface area contributed by atoms with Crippen LogP contribution in [-0.4, -0.2) is 66.7 Å². The minimum Gasteiger partial charge on any atom is -0.467 e. The third-order valence-electron chi connectivity index (χ3n) is 6.62. The Balaban J connectivity index is 1.38. The molecule has 9 heteroatoms. The number of nitrogens with zero attached hydrogens (tertiary/aromatic N) is 4. The van der Waals surface area contributed by atoms with E-state index in [1.54, 1.807) is 6.26 Å². The van der Waals surface area contributed by atoms with Gasteiger partial charge in [0.25, 0.3) is 0 Å². The lowest BCUT2D eigenvalue weighted by atomic mass is 10.1. The molecule has 1 aliphatic rings. The molecule has 1 saturated heterocycles. The third kappa shape index (κ3) is 6.98. The third-order valence-corrected chi connectivity index (χ3v) is 7.11. The van der Waals surface area contributed by atoms with Gasteiger partial charge in [-0.25, -0.2) is 9.97 Å². The van der Waals surface area contributed by atoms with Gasteiger partial charge in [0.2, 0.25) is 5.91 Å². The number of anilines is 1. The summed E-state index contributed by atoms with van der Waals surface area (Å²) in [5, 5.41) is 3.94. The molecule has 0 unspecified atom stereocenters. The summed E-state index contributed by atoms with van der Waals surface area (Å²) < 4.78 is 11.8. The molecule has 8 nitrogen and oxygen atoms in total. The number of morpholine rings is 1. The summed E-state index contributed by atoms with van der Waals surface area (Å²) >= 11 is 3.57. The van der Waals surface area contributed by atoms with Gasteiger partial charge < -0.3 is 19.4 Å². The topological polar surface area (TPSA) is 83.7 Å². The van der Waals surface area contributed by atoms with Crippen LogP contribution in [0.3, 0.4) is 0 Å². The van der Waals surface area contributed by atoms with Crippen LogP contribution in [0.25, 0.3) is 22.3 Å². The van der Waals surface area contributed by atoms with Crippen molar-refractivity contribution in [1.82, 2.24) is 20.2 Å².